The van der Waals surface area contributed by atoms with Crippen LogP contribution in [0.3, 0.4) is 0 Å². The first-order valence-corrected chi connectivity index (χ1v) is 8.96. The molecule has 0 aromatic heterocycles. The highest BCUT2D eigenvalue weighted by atomic mass is 16.3. The van der Waals surface area contributed by atoms with Crippen LogP contribution in [-0.2, 0) is 4.79 Å². The largest absolute Gasteiger partial charge is 0.393 e. The van der Waals surface area contributed by atoms with Crippen LogP contribution in [0.1, 0.15) is 58.8 Å². The minimum absolute atomic E-state index is 0.108. The highest BCUT2D eigenvalue weighted by Crippen LogP contribution is 2.65. The maximum atomic E-state index is 11.8. The summed E-state index contributed by atoms with van der Waals surface area (Å²) in [7, 11) is 0. The molecule has 3 fully saturated rings. The standard InChI is InChI=1S/C19H28O3/c1-18-7-5-12(20)9-11(18)3-4-13-14(18)6-8-19(2)16(22)10-15(21)17(13)19/h9,13-17,21-22H,3-8,10H2,1-2H3/t13-,14-,15-,16+,17-,18+,19-/m1/s1. The summed E-state index contributed by atoms with van der Waals surface area (Å²) in [5, 5.41) is 21.1. The number of carbonyl (C=O) groups excluding carboxylic acids is 1. The van der Waals surface area contributed by atoms with Crippen molar-refractivity contribution < 1.29 is 15.0 Å². The smallest absolute Gasteiger partial charge is 0.155 e. The van der Waals surface area contributed by atoms with Crippen molar-refractivity contribution in [2.24, 2.45) is 28.6 Å². The third kappa shape index (κ3) is 1.78. The first-order valence-electron chi connectivity index (χ1n) is 8.96. The number of hydrogen-bond donors (Lipinski definition) is 2. The minimum atomic E-state index is -0.355. The maximum absolute atomic E-state index is 11.8. The van der Waals surface area contributed by atoms with E-state index in [0.29, 0.717) is 30.5 Å². The lowest BCUT2D eigenvalue weighted by Crippen LogP contribution is -2.52. The summed E-state index contributed by atoms with van der Waals surface area (Å²) in [5.74, 6) is 1.60. The summed E-state index contributed by atoms with van der Waals surface area (Å²) in [5.41, 5.74) is 1.40. The van der Waals surface area contributed by atoms with Gasteiger partial charge in [0.25, 0.3) is 0 Å². The molecule has 3 nitrogen and oxygen atoms in total. The number of rotatable bonds is 0. The molecule has 4 rings (SSSR count). The Kier molecular flexibility index (Phi) is 3.16. The van der Waals surface area contributed by atoms with Crippen molar-refractivity contribution in [2.45, 2.75) is 71.0 Å². The third-order valence-corrected chi connectivity index (χ3v) is 7.90. The predicted octanol–water partition coefficient (Wildman–Crippen LogP) is 2.85. The number of aliphatic hydroxyl groups is 2. The van der Waals surface area contributed by atoms with Crippen LogP contribution in [0.15, 0.2) is 11.6 Å². The van der Waals surface area contributed by atoms with Gasteiger partial charge < -0.3 is 10.2 Å². The molecule has 0 unspecified atom stereocenters. The second-order valence-electron chi connectivity index (χ2n) is 8.75. The summed E-state index contributed by atoms with van der Waals surface area (Å²) >= 11 is 0. The Hall–Kier alpha value is -0.670. The Balaban J connectivity index is 1.71. The Morgan fingerprint density at radius 1 is 1.14 bits per heavy atom. The van der Waals surface area contributed by atoms with E-state index in [1.807, 2.05) is 6.08 Å². The number of fused-ring (bicyclic) bond motifs is 5. The second-order valence-corrected chi connectivity index (χ2v) is 8.75. The summed E-state index contributed by atoms with van der Waals surface area (Å²) < 4.78 is 0. The van der Waals surface area contributed by atoms with Gasteiger partial charge in [-0.15, -0.1) is 0 Å². The Morgan fingerprint density at radius 3 is 2.68 bits per heavy atom. The summed E-state index contributed by atoms with van der Waals surface area (Å²) in [6, 6.07) is 0. The molecule has 0 amide bonds. The van der Waals surface area contributed by atoms with Gasteiger partial charge in [-0.05, 0) is 66.8 Å². The monoisotopic (exact) mass is 304 g/mol. The average Bonchev–Trinajstić information content (AvgIpc) is 2.70. The fraction of sp³-hybridized carbons (Fsp3) is 0.842. The predicted molar refractivity (Wildman–Crippen MR) is 84.1 cm³/mol. The van der Waals surface area contributed by atoms with Gasteiger partial charge in [-0.1, -0.05) is 19.4 Å². The van der Waals surface area contributed by atoms with E-state index in [-0.39, 0.29) is 29.0 Å². The van der Waals surface area contributed by atoms with E-state index in [0.717, 1.165) is 32.1 Å². The minimum Gasteiger partial charge on any atom is -0.393 e. The molecule has 3 heteroatoms. The van der Waals surface area contributed by atoms with Crippen molar-refractivity contribution in [3.63, 3.8) is 0 Å². The van der Waals surface area contributed by atoms with Gasteiger partial charge in [-0.2, -0.15) is 0 Å². The topological polar surface area (TPSA) is 57.5 Å². The van der Waals surface area contributed by atoms with E-state index >= 15 is 0 Å². The van der Waals surface area contributed by atoms with Crippen LogP contribution >= 0.6 is 0 Å². The molecule has 0 saturated heterocycles. The van der Waals surface area contributed by atoms with Crippen molar-refractivity contribution in [1.29, 1.82) is 0 Å². The highest BCUT2D eigenvalue weighted by Gasteiger charge is 2.61. The van der Waals surface area contributed by atoms with Gasteiger partial charge >= 0.3 is 0 Å². The third-order valence-electron chi connectivity index (χ3n) is 7.90. The zero-order chi connectivity index (χ0) is 15.7. The van der Waals surface area contributed by atoms with E-state index in [9.17, 15) is 15.0 Å². The van der Waals surface area contributed by atoms with Crippen molar-refractivity contribution in [1.82, 2.24) is 0 Å². The van der Waals surface area contributed by atoms with Crippen molar-refractivity contribution in [2.75, 3.05) is 0 Å². The van der Waals surface area contributed by atoms with Gasteiger partial charge in [-0.25, -0.2) is 0 Å². The lowest BCUT2D eigenvalue weighted by molar-refractivity contribution is -0.119. The molecular weight excluding hydrogens is 276 g/mol. The SMILES string of the molecule is C[C@]12CC[C@@H]3[C@@H](CCC4=CC(=O)CC[C@@]43C)[C@@H]1[C@H](O)C[C@@H]2O. The summed E-state index contributed by atoms with van der Waals surface area (Å²) in [6.07, 6.45) is 7.62. The molecule has 7 atom stereocenters. The fourth-order valence-electron chi connectivity index (χ4n) is 6.59. The molecular formula is C19H28O3. The summed E-state index contributed by atoms with van der Waals surface area (Å²) in [4.78, 5) is 11.8. The fourth-order valence-corrected chi connectivity index (χ4v) is 6.59. The number of ketones is 1. The van der Waals surface area contributed by atoms with Gasteiger partial charge in [0, 0.05) is 12.8 Å². The van der Waals surface area contributed by atoms with Gasteiger partial charge in [0.15, 0.2) is 5.78 Å². The van der Waals surface area contributed by atoms with Crippen LogP contribution in [-0.4, -0.2) is 28.2 Å². The zero-order valence-corrected chi connectivity index (χ0v) is 13.7. The molecule has 0 radical (unpaired) electrons. The van der Waals surface area contributed by atoms with Crippen LogP contribution in [0.2, 0.25) is 0 Å². The van der Waals surface area contributed by atoms with E-state index in [1.54, 1.807) is 0 Å². The number of allylic oxidation sites excluding steroid dienone is 1. The number of hydrogen-bond acceptors (Lipinski definition) is 3. The molecule has 4 aliphatic rings. The van der Waals surface area contributed by atoms with E-state index in [2.05, 4.69) is 13.8 Å². The van der Waals surface area contributed by atoms with Crippen LogP contribution in [0.25, 0.3) is 0 Å². The Morgan fingerprint density at radius 2 is 1.91 bits per heavy atom. The molecule has 3 saturated carbocycles. The van der Waals surface area contributed by atoms with E-state index in [4.69, 9.17) is 0 Å². The Bertz CT molecular complexity index is 539. The molecule has 0 heterocycles. The second kappa shape index (κ2) is 4.67. The molecule has 122 valence electrons. The molecule has 0 aliphatic heterocycles. The van der Waals surface area contributed by atoms with Crippen molar-refractivity contribution in [3.05, 3.63) is 11.6 Å². The quantitative estimate of drug-likeness (QED) is 0.723. The van der Waals surface area contributed by atoms with Crippen molar-refractivity contribution in [3.8, 4) is 0 Å². The summed E-state index contributed by atoms with van der Waals surface area (Å²) in [6.45, 7) is 4.54. The molecule has 4 aliphatic carbocycles. The van der Waals surface area contributed by atoms with E-state index < -0.39 is 0 Å². The Labute approximate surface area is 132 Å². The molecule has 22 heavy (non-hydrogen) atoms. The number of aliphatic hydroxyl groups excluding tert-OH is 2. The first kappa shape index (κ1) is 14.9. The first-order chi connectivity index (χ1) is 10.4. The van der Waals surface area contributed by atoms with Crippen LogP contribution in [0, 0.1) is 28.6 Å². The number of carbonyl (C=O) groups is 1. The van der Waals surface area contributed by atoms with Gasteiger partial charge in [-0.3, -0.25) is 4.79 Å². The van der Waals surface area contributed by atoms with Crippen LogP contribution in [0.4, 0.5) is 0 Å². The van der Waals surface area contributed by atoms with Crippen LogP contribution in [0.5, 0.6) is 0 Å². The lowest BCUT2D eigenvalue weighted by atomic mass is 9.47. The average molecular weight is 304 g/mol. The van der Waals surface area contributed by atoms with Gasteiger partial charge in [0.05, 0.1) is 12.2 Å². The van der Waals surface area contributed by atoms with Gasteiger partial charge in [0.2, 0.25) is 0 Å². The highest BCUT2D eigenvalue weighted by molar-refractivity contribution is 5.91. The zero-order valence-electron chi connectivity index (χ0n) is 13.7. The maximum Gasteiger partial charge on any atom is 0.155 e. The lowest BCUT2D eigenvalue weighted by Gasteiger charge is -2.58. The molecule has 0 aromatic carbocycles. The molecule has 0 aromatic rings. The normalized spacial score (nSPS) is 54.3. The van der Waals surface area contributed by atoms with Crippen LogP contribution < -0.4 is 0 Å². The van der Waals surface area contributed by atoms with Gasteiger partial charge in [0.1, 0.15) is 0 Å². The van der Waals surface area contributed by atoms with E-state index in [1.165, 1.54) is 5.57 Å². The molecule has 0 spiro atoms. The molecule has 0 bridgehead atoms. The molecule has 2 N–H and O–H groups in total. The van der Waals surface area contributed by atoms with Crippen molar-refractivity contribution >= 4 is 5.78 Å².